The molecule has 0 unspecified atom stereocenters. The number of thiazole rings is 1. The standard InChI is InChI=1S/C20H19N7OS/c1-14-21-6-7-27(14)18-12-17(22-13-23-18)25-8-10-26(11-9-25)20(28)19-24-15-4-2-3-5-16(15)29-19/h2-7,12-13H,8-11H2,1H3. The lowest BCUT2D eigenvalue weighted by Gasteiger charge is -2.35. The SMILES string of the molecule is Cc1nccn1-c1cc(N2CCN(C(=O)c3nc4ccccc4s3)CC2)ncn1. The predicted octanol–water partition coefficient (Wildman–Crippen LogP) is 2.54. The van der Waals surface area contributed by atoms with Crippen molar-refractivity contribution in [3.8, 4) is 5.82 Å². The average molecular weight is 405 g/mol. The van der Waals surface area contributed by atoms with Crippen LogP contribution in [0.3, 0.4) is 0 Å². The Morgan fingerprint density at radius 2 is 1.83 bits per heavy atom. The van der Waals surface area contributed by atoms with Crippen LogP contribution in [0.15, 0.2) is 49.1 Å². The Morgan fingerprint density at radius 1 is 1.03 bits per heavy atom. The summed E-state index contributed by atoms with van der Waals surface area (Å²) < 4.78 is 2.97. The maximum Gasteiger partial charge on any atom is 0.282 e. The largest absolute Gasteiger partial charge is 0.353 e. The molecule has 4 heterocycles. The lowest BCUT2D eigenvalue weighted by Crippen LogP contribution is -2.49. The van der Waals surface area contributed by atoms with Gasteiger partial charge in [-0.05, 0) is 19.1 Å². The van der Waals surface area contributed by atoms with Crippen molar-refractivity contribution < 1.29 is 4.79 Å². The molecule has 0 radical (unpaired) electrons. The van der Waals surface area contributed by atoms with Crippen LogP contribution in [-0.4, -0.2) is 61.5 Å². The zero-order valence-corrected chi connectivity index (χ0v) is 16.7. The lowest BCUT2D eigenvalue weighted by molar-refractivity contribution is 0.0746. The molecule has 0 bridgehead atoms. The quantitative estimate of drug-likeness (QED) is 0.521. The van der Waals surface area contributed by atoms with Gasteiger partial charge in [-0.2, -0.15) is 0 Å². The van der Waals surface area contributed by atoms with Crippen LogP contribution in [0.1, 0.15) is 15.6 Å². The van der Waals surface area contributed by atoms with E-state index in [4.69, 9.17) is 0 Å². The third-order valence-electron chi connectivity index (χ3n) is 5.08. The van der Waals surface area contributed by atoms with Crippen molar-refractivity contribution in [2.45, 2.75) is 6.92 Å². The second-order valence-electron chi connectivity index (χ2n) is 6.84. The van der Waals surface area contributed by atoms with E-state index in [1.165, 1.54) is 11.3 Å². The molecule has 0 atom stereocenters. The van der Waals surface area contributed by atoms with E-state index in [9.17, 15) is 4.79 Å². The number of rotatable bonds is 3. The fourth-order valence-corrected chi connectivity index (χ4v) is 4.43. The van der Waals surface area contributed by atoms with Crippen molar-refractivity contribution in [3.63, 3.8) is 0 Å². The molecule has 29 heavy (non-hydrogen) atoms. The summed E-state index contributed by atoms with van der Waals surface area (Å²) in [4.78, 5) is 34.5. The first-order chi connectivity index (χ1) is 14.2. The second-order valence-corrected chi connectivity index (χ2v) is 7.88. The Hall–Kier alpha value is -3.33. The van der Waals surface area contributed by atoms with Gasteiger partial charge in [0.1, 0.15) is 23.8 Å². The summed E-state index contributed by atoms with van der Waals surface area (Å²) in [5, 5.41) is 0.555. The number of hydrogen-bond donors (Lipinski definition) is 0. The van der Waals surface area contributed by atoms with E-state index in [1.54, 1.807) is 12.5 Å². The van der Waals surface area contributed by atoms with Crippen LogP contribution < -0.4 is 4.90 Å². The van der Waals surface area contributed by atoms with E-state index in [0.29, 0.717) is 18.1 Å². The first-order valence-corrected chi connectivity index (χ1v) is 10.2. The number of para-hydroxylation sites is 1. The van der Waals surface area contributed by atoms with E-state index in [2.05, 4.69) is 24.8 Å². The number of piperazine rings is 1. The molecule has 0 aliphatic carbocycles. The van der Waals surface area contributed by atoms with E-state index >= 15 is 0 Å². The fraction of sp³-hybridized carbons (Fsp3) is 0.250. The number of carbonyl (C=O) groups excluding carboxylic acids is 1. The van der Waals surface area contributed by atoms with Gasteiger partial charge in [-0.3, -0.25) is 9.36 Å². The van der Waals surface area contributed by atoms with Gasteiger partial charge in [0, 0.05) is 44.6 Å². The maximum absolute atomic E-state index is 12.9. The van der Waals surface area contributed by atoms with Gasteiger partial charge in [0.2, 0.25) is 0 Å². The maximum atomic E-state index is 12.9. The molecular weight excluding hydrogens is 386 g/mol. The molecule has 8 nitrogen and oxygen atoms in total. The Morgan fingerprint density at radius 3 is 2.59 bits per heavy atom. The minimum absolute atomic E-state index is 0.00302. The number of anilines is 1. The van der Waals surface area contributed by atoms with Gasteiger partial charge in [0.05, 0.1) is 10.2 Å². The van der Waals surface area contributed by atoms with Gasteiger partial charge in [-0.15, -0.1) is 11.3 Å². The molecule has 1 aliphatic rings. The van der Waals surface area contributed by atoms with Gasteiger partial charge in [-0.1, -0.05) is 12.1 Å². The smallest absolute Gasteiger partial charge is 0.282 e. The molecule has 3 aromatic heterocycles. The number of amides is 1. The first kappa shape index (κ1) is 17.7. The predicted molar refractivity (Wildman–Crippen MR) is 112 cm³/mol. The van der Waals surface area contributed by atoms with Crippen LogP contribution in [0.2, 0.25) is 0 Å². The number of carbonyl (C=O) groups is 1. The molecule has 0 saturated carbocycles. The minimum Gasteiger partial charge on any atom is -0.353 e. The molecule has 9 heteroatoms. The minimum atomic E-state index is 0.00302. The van der Waals surface area contributed by atoms with E-state index in [-0.39, 0.29) is 5.91 Å². The van der Waals surface area contributed by atoms with Gasteiger partial charge >= 0.3 is 0 Å². The molecule has 1 fully saturated rings. The molecule has 1 aromatic carbocycles. The Bertz CT molecular complexity index is 1140. The fourth-order valence-electron chi connectivity index (χ4n) is 3.50. The molecule has 0 N–H and O–H groups in total. The van der Waals surface area contributed by atoms with Crippen LogP contribution in [0.25, 0.3) is 16.0 Å². The van der Waals surface area contributed by atoms with Crippen molar-refractivity contribution in [1.82, 2.24) is 29.4 Å². The highest BCUT2D eigenvalue weighted by Gasteiger charge is 2.25. The summed E-state index contributed by atoms with van der Waals surface area (Å²) in [5.74, 6) is 2.53. The normalized spacial score (nSPS) is 14.5. The number of aryl methyl sites for hydroxylation is 1. The molecule has 4 aromatic rings. The number of aromatic nitrogens is 5. The Balaban J connectivity index is 1.29. The Labute approximate surface area is 171 Å². The monoisotopic (exact) mass is 405 g/mol. The molecule has 5 rings (SSSR count). The Kier molecular flexibility index (Phi) is 4.44. The summed E-state index contributed by atoms with van der Waals surface area (Å²) in [6, 6.07) is 9.80. The molecule has 146 valence electrons. The summed E-state index contributed by atoms with van der Waals surface area (Å²) >= 11 is 1.45. The van der Waals surface area contributed by atoms with Crippen LogP contribution in [0.5, 0.6) is 0 Å². The molecular formula is C20H19N7OS. The van der Waals surface area contributed by atoms with Crippen LogP contribution in [0.4, 0.5) is 5.82 Å². The summed E-state index contributed by atoms with van der Waals surface area (Å²) in [6.45, 7) is 4.65. The van der Waals surface area contributed by atoms with E-state index in [0.717, 1.165) is 40.8 Å². The zero-order chi connectivity index (χ0) is 19.8. The van der Waals surface area contributed by atoms with Crippen molar-refractivity contribution in [1.29, 1.82) is 0 Å². The van der Waals surface area contributed by atoms with E-state index in [1.807, 2.05) is 52.9 Å². The van der Waals surface area contributed by atoms with Crippen molar-refractivity contribution in [2.75, 3.05) is 31.1 Å². The molecule has 1 saturated heterocycles. The van der Waals surface area contributed by atoms with Crippen molar-refractivity contribution >= 4 is 33.3 Å². The second kappa shape index (κ2) is 7.25. The van der Waals surface area contributed by atoms with Crippen LogP contribution >= 0.6 is 11.3 Å². The van der Waals surface area contributed by atoms with Crippen LogP contribution in [0, 0.1) is 6.92 Å². The first-order valence-electron chi connectivity index (χ1n) is 9.41. The van der Waals surface area contributed by atoms with Crippen molar-refractivity contribution in [2.24, 2.45) is 0 Å². The van der Waals surface area contributed by atoms with Crippen LogP contribution in [-0.2, 0) is 0 Å². The van der Waals surface area contributed by atoms with Gasteiger partial charge < -0.3 is 9.80 Å². The number of hydrogen-bond acceptors (Lipinski definition) is 7. The molecule has 1 aliphatic heterocycles. The highest BCUT2D eigenvalue weighted by atomic mass is 32.1. The number of fused-ring (bicyclic) bond motifs is 1. The topological polar surface area (TPSA) is 80.0 Å². The summed E-state index contributed by atoms with van der Waals surface area (Å²) in [5.41, 5.74) is 0.878. The van der Waals surface area contributed by atoms with E-state index < -0.39 is 0 Å². The highest BCUT2D eigenvalue weighted by Crippen LogP contribution is 2.24. The average Bonchev–Trinajstić information content (AvgIpc) is 3.39. The number of benzene rings is 1. The zero-order valence-electron chi connectivity index (χ0n) is 15.9. The van der Waals surface area contributed by atoms with Gasteiger partial charge in [0.25, 0.3) is 5.91 Å². The lowest BCUT2D eigenvalue weighted by atomic mass is 10.3. The molecule has 0 spiro atoms. The number of nitrogens with zero attached hydrogens (tertiary/aromatic N) is 7. The summed E-state index contributed by atoms with van der Waals surface area (Å²) in [6.07, 6.45) is 5.21. The third-order valence-corrected chi connectivity index (χ3v) is 6.10. The van der Waals surface area contributed by atoms with Gasteiger partial charge in [0.15, 0.2) is 5.01 Å². The molecule has 1 amide bonds. The third kappa shape index (κ3) is 3.33. The highest BCUT2D eigenvalue weighted by molar-refractivity contribution is 7.20. The number of imidazole rings is 1. The van der Waals surface area contributed by atoms with Crippen molar-refractivity contribution in [3.05, 3.63) is 59.9 Å². The van der Waals surface area contributed by atoms with Gasteiger partial charge in [-0.25, -0.2) is 19.9 Å². The summed E-state index contributed by atoms with van der Waals surface area (Å²) in [7, 11) is 0.